The highest BCUT2D eigenvalue weighted by molar-refractivity contribution is 7.89. The van der Waals surface area contributed by atoms with Gasteiger partial charge in [-0.15, -0.1) is 0 Å². The molecule has 0 N–H and O–H groups in total. The molecule has 1 aromatic rings. The van der Waals surface area contributed by atoms with Gasteiger partial charge in [0.25, 0.3) is 0 Å². The Balaban J connectivity index is 2.10. The normalized spacial score (nSPS) is 21.1. The maximum absolute atomic E-state index is 12.0. The van der Waals surface area contributed by atoms with Crippen LogP contribution in [-0.2, 0) is 16.4 Å². The van der Waals surface area contributed by atoms with Crippen LogP contribution in [0.1, 0.15) is 51.2 Å². The molecule has 0 bridgehead atoms. The van der Waals surface area contributed by atoms with Gasteiger partial charge in [0.05, 0.1) is 5.75 Å². The van der Waals surface area contributed by atoms with Crippen molar-refractivity contribution in [2.45, 2.75) is 53.0 Å². The van der Waals surface area contributed by atoms with Crippen molar-refractivity contribution in [3.8, 4) is 0 Å². The molecule has 1 fully saturated rings. The molecule has 1 atom stereocenters. The predicted molar refractivity (Wildman–Crippen MR) is 84.8 cm³/mol. The van der Waals surface area contributed by atoms with Gasteiger partial charge in [-0.1, -0.05) is 0 Å². The van der Waals surface area contributed by atoms with E-state index in [4.69, 9.17) is 0 Å². The van der Waals surface area contributed by atoms with Crippen molar-refractivity contribution in [3.05, 3.63) is 17.7 Å². The average molecular weight is 313 g/mol. The highest BCUT2D eigenvalue weighted by Crippen LogP contribution is 2.24. The number of sulfonamides is 1. The topological polar surface area (TPSA) is 55.2 Å². The number of piperidine rings is 1. The lowest BCUT2D eigenvalue weighted by molar-refractivity contribution is 0.261. The maximum Gasteiger partial charge on any atom is 0.213 e. The molecule has 1 aromatic heterocycles. The molecule has 1 aliphatic rings. The third kappa shape index (κ3) is 3.66. The lowest BCUT2D eigenvalue weighted by atomic mass is 9.96. The fourth-order valence-electron chi connectivity index (χ4n) is 3.24. The summed E-state index contributed by atoms with van der Waals surface area (Å²) >= 11 is 0. The molecule has 0 aromatic carbocycles. The first-order valence-electron chi connectivity index (χ1n) is 7.85. The molecular weight excluding hydrogens is 286 g/mol. The molecule has 1 saturated heterocycles. The fourth-order valence-corrected chi connectivity index (χ4v) is 4.45. The molecule has 21 heavy (non-hydrogen) atoms. The number of nitrogens with zero attached hydrogens (tertiary/aromatic N) is 3. The van der Waals surface area contributed by atoms with Gasteiger partial charge in [0.1, 0.15) is 5.82 Å². The number of hydrogen-bond acceptors (Lipinski definition) is 3. The highest BCUT2D eigenvalue weighted by Gasteiger charge is 2.28. The Hall–Kier alpha value is -0.880. The minimum Gasteiger partial charge on any atom is -0.330 e. The molecule has 1 aliphatic heterocycles. The lowest BCUT2D eigenvalue weighted by Gasteiger charge is -2.31. The maximum atomic E-state index is 12.0. The van der Waals surface area contributed by atoms with E-state index < -0.39 is 10.0 Å². The summed E-state index contributed by atoms with van der Waals surface area (Å²) in [5, 5.41) is 0. The van der Waals surface area contributed by atoms with Crippen molar-refractivity contribution in [1.82, 2.24) is 13.9 Å². The number of aryl methyl sites for hydroxylation is 1. The molecule has 0 radical (unpaired) electrons. The summed E-state index contributed by atoms with van der Waals surface area (Å²) in [4.78, 5) is 4.53. The Morgan fingerprint density at radius 2 is 2.14 bits per heavy atom. The molecule has 5 nitrogen and oxygen atoms in total. The molecule has 2 rings (SSSR count). The van der Waals surface area contributed by atoms with Crippen molar-refractivity contribution in [3.63, 3.8) is 0 Å². The van der Waals surface area contributed by atoms with Crippen LogP contribution < -0.4 is 0 Å². The summed E-state index contributed by atoms with van der Waals surface area (Å²) in [6.45, 7) is 9.42. The predicted octanol–water partition coefficient (Wildman–Crippen LogP) is 2.38. The Morgan fingerprint density at radius 1 is 1.43 bits per heavy atom. The summed E-state index contributed by atoms with van der Waals surface area (Å²) < 4.78 is 28.0. The first-order valence-corrected chi connectivity index (χ1v) is 9.46. The van der Waals surface area contributed by atoms with E-state index in [1.807, 2.05) is 6.20 Å². The molecule has 120 valence electrons. The molecule has 0 spiro atoms. The molecule has 1 unspecified atom stereocenters. The molecule has 0 aliphatic carbocycles. The Kier molecular flexibility index (Phi) is 5.09. The van der Waals surface area contributed by atoms with Crippen molar-refractivity contribution in [2.24, 2.45) is 5.92 Å². The standard InChI is InChI=1S/C15H27N3O2S/c1-5-21(19,20)17-8-6-7-14(11-17)9-15-16-10-13(4)18(15)12(2)3/h10,12,14H,5-9,11H2,1-4H3. The highest BCUT2D eigenvalue weighted by atomic mass is 32.2. The zero-order valence-corrected chi connectivity index (χ0v) is 14.4. The van der Waals surface area contributed by atoms with Gasteiger partial charge < -0.3 is 4.57 Å². The summed E-state index contributed by atoms with van der Waals surface area (Å²) in [5.74, 6) is 1.65. The van der Waals surface area contributed by atoms with Crippen LogP contribution >= 0.6 is 0 Å². The van der Waals surface area contributed by atoms with E-state index in [1.54, 1.807) is 11.2 Å². The first kappa shape index (κ1) is 16.5. The van der Waals surface area contributed by atoms with E-state index in [1.165, 1.54) is 5.69 Å². The van der Waals surface area contributed by atoms with Gasteiger partial charge in [-0.2, -0.15) is 0 Å². The zero-order chi connectivity index (χ0) is 15.6. The summed E-state index contributed by atoms with van der Waals surface area (Å²) in [6, 6.07) is 0.390. The van der Waals surface area contributed by atoms with Crippen LogP contribution in [0, 0.1) is 12.8 Å². The Morgan fingerprint density at radius 3 is 2.76 bits per heavy atom. The largest absolute Gasteiger partial charge is 0.330 e. The van der Waals surface area contributed by atoms with E-state index in [2.05, 4.69) is 30.3 Å². The van der Waals surface area contributed by atoms with Gasteiger partial charge in [0, 0.05) is 37.4 Å². The average Bonchev–Trinajstić information content (AvgIpc) is 2.80. The van der Waals surface area contributed by atoms with Gasteiger partial charge >= 0.3 is 0 Å². The lowest BCUT2D eigenvalue weighted by Crippen LogP contribution is -2.41. The SMILES string of the molecule is CCS(=O)(=O)N1CCCC(Cc2ncc(C)n2C(C)C)C1. The number of rotatable bonds is 5. The first-order chi connectivity index (χ1) is 9.85. The van der Waals surface area contributed by atoms with Gasteiger partial charge in [-0.25, -0.2) is 17.7 Å². The minimum atomic E-state index is -3.06. The second-order valence-corrected chi connectivity index (χ2v) is 8.51. The van der Waals surface area contributed by atoms with Crippen LogP contribution in [0.2, 0.25) is 0 Å². The number of aromatic nitrogens is 2. The van der Waals surface area contributed by atoms with Crippen molar-refractivity contribution >= 4 is 10.0 Å². The van der Waals surface area contributed by atoms with Crippen molar-refractivity contribution < 1.29 is 8.42 Å². The monoisotopic (exact) mass is 313 g/mol. The second kappa shape index (κ2) is 6.48. The van der Waals surface area contributed by atoms with Crippen LogP contribution in [0.4, 0.5) is 0 Å². The Labute approximate surface area is 128 Å². The van der Waals surface area contributed by atoms with Crippen LogP contribution in [0.25, 0.3) is 0 Å². The number of hydrogen-bond donors (Lipinski definition) is 0. The fraction of sp³-hybridized carbons (Fsp3) is 0.800. The van der Waals surface area contributed by atoms with E-state index in [9.17, 15) is 8.42 Å². The Bertz CT molecular complexity index is 578. The molecule has 6 heteroatoms. The van der Waals surface area contributed by atoms with E-state index in [0.29, 0.717) is 25.0 Å². The van der Waals surface area contributed by atoms with Gasteiger partial charge in [0.2, 0.25) is 10.0 Å². The quantitative estimate of drug-likeness (QED) is 0.838. The molecule has 0 saturated carbocycles. The van der Waals surface area contributed by atoms with Gasteiger partial charge in [0.15, 0.2) is 0 Å². The van der Waals surface area contributed by atoms with Crippen LogP contribution in [0.5, 0.6) is 0 Å². The van der Waals surface area contributed by atoms with Gasteiger partial charge in [-0.3, -0.25) is 0 Å². The van der Waals surface area contributed by atoms with Crippen LogP contribution in [0.3, 0.4) is 0 Å². The van der Waals surface area contributed by atoms with E-state index >= 15 is 0 Å². The van der Waals surface area contributed by atoms with Crippen molar-refractivity contribution in [1.29, 1.82) is 0 Å². The van der Waals surface area contributed by atoms with E-state index in [-0.39, 0.29) is 5.75 Å². The zero-order valence-electron chi connectivity index (χ0n) is 13.5. The minimum absolute atomic E-state index is 0.194. The molecule has 2 heterocycles. The van der Waals surface area contributed by atoms with Crippen LogP contribution in [0.15, 0.2) is 6.20 Å². The smallest absolute Gasteiger partial charge is 0.213 e. The summed E-state index contributed by atoms with van der Waals surface area (Å²) in [5.41, 5.74) is 1.17. The third-order valence-corrected chi connectivity index (χ3v) is 6.13. The van der Waals surface area contributed by atoms with Gasteiger partial charge in [-0.05, 0) is 46.5 Å². The van der Waals surface area contributed by atoms with Crippen molar-refractivity contribution in [2.75, 3.05) is 18.8 Å². The molecular formula is C15H27N3O2S. The summed E-state index contributed by atoms with van der Waals surface area (Å²) in [6.07, 6.45) is 4.81. The molecule has 0 amide bonds. The van der Waals surface area contributed by atoms with Crippen LogP contribution in [-0.4, -0.2) is 41.1 Å². The second-order valence-electron chi connectivity index (χ2n) is 6.25. The third-order valence-electron chi connectivity index (χ3n) is 4.29. The summed E-state index contributed by atoms with van der Waals surface area (Å²) in [7, 11) is -3.06. The van der Waals surface area contributed by atoms with E-state index in [0.717, 1.165) is 25.1 Å². The number of imidazole rings is 1.